The van der Waals surface area contributed by atoms with E-state index in [1.54, 1.807) is 0 Å². The number of nitrogens with one attached hydrogen (secondary N) is 1. The fraction of sp³-hybridized carbons (Fsp3) is 0.625. The summed E-state index contributed by atoms with van der Waals surface area (Å²) in [5.41, 5.74) is 2.95. The third-order valence-corrected chi connectivity index (χ3v) is 4.00. The van der Waals surface area contributed by atoms with Crippen LogP contribution in [0.1, 0.15) is 30.9 Å². The largest absolute Gasteiger partial charge is 0.316 e. The fourth-order valence-electron chi connectivity index (χ4n) is 2.19. The van der Waals surface area contributed by atoms with Gasteiger partial charge < -0.3 is 5.32 Å². The molecule has 0 spiro atoms. The van der Waals surface area contributed by atoms with Crippen LogP contribution < -0.4 is 5.32 Å². The lowest BCUT2D eigenvalue weighted by atomic mass is 9.94. The number of benzene rings is 1. The molecular weight excluding hydrogens is 238 g/mol. The Morgan fingerprint density at radius 3 is 2.72 bits per heavy atom. The summed E-state index contributed by atoms with van der Waals surface area (Å²) in [6, 6.07) is 8.79. The van der Waals surface area contributed by atoms with E-state index in [4.69, 9.17) is 0 Å². The van der Waals surface area contributed by atoms with Gasteiger partial charge in [0.05, 0.1) is 0 Å². The lowest BCUT2D eigenvalue weighted by molar-refractivity contribution is 0.463. The standard InChI is InChI=1S/C16H27NS/c1-4-10-17-13-15(9-11-18-3)12-16-8-6-5-7-14(16)2/h5-8,15,17H,4,9-13H2,1-3H3. The Balaban J connectivity index is 2.51. The molecule has 0 amide bonds. The average Bonchev–Trinajstić information content (AvgIpc) is 2.38. The second-order valence-corrected chi connectivity index (χ2v) is 5.97. The molecule has 1 unspecified atom stereocenters. The van der Waals surface area contributed by atoms with Crippen molar-refractivity contribution in [1.29, 1.82) is 0 Å². The maximum atomic E-state index is 3.57. The van der Waals surface area contributed by atoms with Gasteiger partial charge in [-0.25, -0.2) is 0 Å². The van der Waals surface area contributed by atoms with Gasteiger partial charge in [-0.3, -0.25) is 0 Å². The van der Waals surface area contributed by atoms with Gasteiger partial charge in [0.2, 0.25) is 0 Å². The molecule has 18 heavy (non-hydrogen) atoms. The summed E-state index contributed by atoms with van der Waals surface area (Å²) in [4.78, 5) is 0. The molecule has 102 valence electrons. The summed E-state index contributed by atoms with van der Waals surface area (Å²) >= 11 is 1.96. The van der Waals surface area contributed by atoms with E-state index in [-0.39, 0.29) is 0 Å². The Morgan fingerprint density at radius 1 is 1.28 bits per heavy atom. The highest BCUT2D eigenvalue weighted by Gasteiger charge is 2.10. The van der Waals surface area contributed by atoms with Crippen molar-refractivity contribution in [2.45, 2.75) is 33.1 Å². The second-order valence-electron chi connectivity index (χ2n) is 4.98. The Kier molecular flexibility index (Phi) is 8.19. The molecule has 1 aromatic carbocycles. The summed E-state index contributed by atoms with van der Waals surface area (Å²) in [6.45, 7) is 6.75. The number of aryl methyl sites for hydroxylation is 1. The van der Waals surface area contributed by atoms with Crippen LogP contribution in [-0.4, -0.2) is 25.1 Å². The lowest BCUT2D eigenvalue weighted by Crippen LogP contribution is -2.25. The normalized spacial score (nSPS) is 12.6. The molecule has 0 fully saturated rings. The number of hydrogen-bond acceptors (Lipinski definition) is 2. The van der Waals surface area contributed by atoms with Gasteiger partial charge in [0.1, 0.15) is 0 Å². The summed E-state index contributed by atoms with van der Waals surface area (Å²) < 4.78 is 0. The maximum absolute atomic E-state index is 3.57. The van der Waals surface area contributed by atoms with Crippen molar-refractivity contribution in [3.63, 3.8) is 0 Å². The summed E-state index contributed by atoms with van der Waals surface area (Å²) in [5, 5.41) is 3.57. The van der Waals surface area contributed by atoms with Crippen LogP contribution in [0.4, 0.5) is 0 Å². The zero-order valence-electron chi connectivity index (χ0n) is 12.0. The molecule has 0 radical (unpaired) electrons. The molecule has 0 aromatic heterocycles. The van der Waals surface area contributed by atoms with Gasteiger partial charge in [-0.2, -0.15) is 11.8 Å². The molecule has 0 saturated carbocycles. The van der Waals surface area contributed by atoms with Crippen molar-refractivity contribution < 1.29 is 0 Å². The van der Waals surface area contributed by atoms with Crippen LogP contribution in [0.15, 0.2) is 24.3 Å². The molecule has 1 nitrogen and oxygen atoms in total. The first-order valence-electron chi connectivity index (χ1n) is 7.02. The van der Waals surface area contributed by atoms with E-state index >= 15 is 0 Å². The van der Waals surface area contributed by atoms with Gasteiger partial charge in [0, 0.05) is 0 Å². The minimum atomic E-state index is 0.769. The van der Waals surface area contributed by atoms with Gasteiger partial charge in [0.25, 0.3) is 0 Å². The van der Waals surface area contributed by atoms with Crippen molar-refractivity contribution in [2.75, 3.05) is 25.1 Å². The predicted molar refractivity (Wildman–Crippen MR) is 84.5 cm³/mol. The molecule has 1 atom stereocenters. The monoisotopic (exact) mass is 265 g/mol. The molecule has 0 saturated heterocycles. The molecule has 0 heterocycles. The SMILES string of the molecule is CCCNCC(CCSC)Cc1ccccc1C. The fourth-order valence-corrected chi connectivity index (χ4v) is 2.76. The molecule has 2 heteroatoms. The van der Waals surface area contributed by atoms with Crippen LogP contribution in [0, 0.1) is 12.8 Å². The molecule has 0 aliphatic heterocycles. The van der Waals surface area contributed by atoms with Crippen molar-refractivity contribution in [2.24, 2.45) is 5.92 Å². The highest BCUT2D eigenvalue weighted by molar-refractivity contribution is 7.98. The third-order valence-electron chi connectivity index (χ3n) is 3.36. The van der Waals surface area contributed by atoms with E-state index in [1.807, 2.05) is 11.8 Å². The lowest BCUT2D eigenvalue weighted by Gasteiger charge is -2.18. The first-order chi connectivity index (χ1) is 8.77. The molecule has 0 bridgehead atoms. The van der Waals surface area contributed by atoms with Crippen LogP contribution in [0.2, 0.25) is 0 Å². The van der Waals surface area contributed by atoms with Gasteiger partial charge in [0.15, 0.2) is 0 Å². The maximum Gasteiger partial charge on any atom is -0.00170 e. The van der Waals surface area contributed by atoms with E-state index in [0.29, 0.717) is 0 Å². The minimum absolute atomic E-state index is 0.769. The van der Waals surface area contributed by atoms with Gasteiger partial charge >= 0.3 is 0 Å². The quantitative estimate of drug-likeness (QED) is 0.680. The van der Waals surface area contributed by atoms with Crippen LogP contribution in [-0.2, 0) is 6.42 Å². The van der Waals surface area contributed by atoms with Crippen molar-refractivity contribution in [3.8, 4) is 0 Å². The van der Waals surface area contributed by atoms with E-state index < -0.39 is 0 Å². The van der Waals surface area contributed by atoms with E-state index in [0.717, 1.165) is 19.0 Å². The van der Waals surface area contributed by atoms with Crippen LogP contribution in [0.5, 0.6) is 0 Å². The average molecular weight is 265 g/mol. The second kappa shape index (κ2) is 9.46. The molecule has 1 N–H and O–H groups in total. The highest BCUT2D eigenvalue weighted by Crippen LogP contribution is 2.17. The smallest absolute Gasteiger partial charge is 0.00170 e. The molecule has 0 aliphatic carbocycles. The minimum Gasteiger partial charge on any atom is -0.316 e. The first kappa shape index (κ1) is 15.6. The summed E-state index contributed by atoms with van der Waals surface area (Å²) in [6.07, 6.45) is 5.94. The molecule has 0 aliphatic rings. The Labute approximate surface area is 117 Å². The van der Waals surface area contributed by atoms with E-state index in [9.17, 15) is 0 Å². The first-order valence-corrected chi connectivity index (χ1v) is 8.41. The molecule has 1 rings (SSSR count). The number of rotatable bonds is 9. The molecular formula is C16H27NS. The van der Waals surface area contributed by atoms with Crippen LogP contribution >= 0.6 is 11.8 Å². The van der Waals surface area contributed by atoms with Crippen LogP contribution in [0.3, 0.4) is 0 Å². The van der Waals surface area contributed by atoms with Gasteiger partial charge in [-0.1, -0.05) is 31.2 Å². The van der Waals surface area contributed by atoms with Crippen molar-refractivity contribution >= 4 is 11.8 Å². The number of thioether (sulfide) groups is 1. The predicted octanol–water partition coefficient (Wildman–Crippen LogP) is 3.91. The topological polar surface area (TPSA) is 12.0 Å². The van der Waals surface area contributed by atoms with E-state index in [1.165, 1.54) is 36.1 Å². The van der Waals surface area contributed by atoms with Crippen molar-refractivity contribution in [1.82, 2.24) is 5.32 Å². The Morgan fingerprint density at radius 2 is 2.06 bits per heavy atom. The summed E-state index contributed by atoms with van der Waals surface area (Å²) in [5.74, 6) is 2.04. The molecule has 1 aromatic rings. The van der Waals surface area contributed by atoms with Gasteiger partial charge in [-0.05, 0) is 68.3 Å². The summed E-state index contributed by atoms with van der Waals surface area (Å²) in [7, 11) is 0. The Hall–Kier alpha value is -0.470. The van der Waals surface area contributed by atoms with Crippen molar-refractivity contribution in [3.05, 3.63) is 35.4 Å². The van der Waals surface area contributed by atoms with Gasteiger partial charge in [-0.15, -0.1) is 0 Å². The Bertz CT molecular complexity index is 325. The van der Waals surface area contributed by atoms with Crippen LogP contribution in [0.25, 0.3) is 0 Å². The number of hydrogen-bond donors (Lipinski definition) is 1. The third kappa shape index (κ3) is 5.92. The van der Waals surface area contributed by atoms with E-state index in [2.05, 4.69) is 49.7 Å². The highest BCUT2D eigenvalue weighted by atomic mass is 32.2. The zero-order valence-corrected chi connectivity index (χ0v) is 12.9. The zero-order chi connectivity index (χ0) is 13.2.